The molecule has 0 aliphatic carbocycles. The van der Waals surface area contributed by atoms with Crippen molar-refractivity contribution in [1.82, 2.24) is 5.32 Å². The lowest BCUT2D eigenvalue weighted by Crippen LogP contribution is -2.22. The smallest absolute Gasteiger partial charge is 0.161 e. The number of hydrogen-bond donors (Lipinski definition) is 1. The summed E-state index contributed by atoms with van der Waals surface area (Å²) in [4.78, 5) is 0. The number of benzene rings is 1. The molecule has 1 atom stereocenters. The van der Waals surface area contributed by atoms with E-state index in [1.807, 2.05) is 32.0 Å². The molecule has 0 bridgehead atoms. The van der Waals surface area contributed by atoms with Crippen LogP contribution in [-0.2, 0) is 9.84 Å². The van der Waals surface area contributed by atoms with E-state index in [9.17, 15) is 8.42 Å². The highest BCUT2D eigenvalue weighted by Crippen LogP contribution is 2.30. The summed E-state index contributed by atoms with van der Waals surface area (Å²) >= 11 is 0. The van der Waals surface area contributed by atoms with Gasteiger partial charge in [-0.2, -0.15) is 0 Å². The van der Waals surface area contributed by atoms with Crippen LogP contribution in [0.25, 0.3) is 0 Å². The molecule has 5 nitrogen and oxygen atoms in total. The zero-order chi connectivity index (χ0) is 17.3. The van der Waals surface area contributed by atoms with E-state index in [0.29, 0.717) is 26.2 Å². The molecule has 1 aromatic carbocycles. The number of sulfone groups is 1. The van der Waals surface area contributed by atoms with Crippen molar-refractivity contribution in [3.63, 3.8) is 0 Å². The average Bonchev–Trinajstić information content (AvgIpc) is 2.53. The summed E-state index contributed by atoms with van der Waals surface area (Å²) in [6.07, 6.45) is 0.621. The van der Waals surface area contributed by atoms with Gasteiger partial charge >= 0.3 is 0 Å². The Balaban J connectivity index is 2.61. The first-order chi connectivity index (χ1) is 10.9. The van der Waals surface area contributed by atoms with Crippen LogP contribution in [0.4, 0.5) is 0 Å². The van der Waals surface area contributed by atoms with E-state index in [1.165, 1.54) is 0 Å². The molecule has 0 saturated carbocycles. The van der Waals surface area contributed by atoms with Gasteiger partial charge in [-0.3, -0.25) is 0 Å². The van der Waals surface area contributed by atoms with Crippen LogP contribution in [0.1, 0.15) is 45.7 Å². The van der Waals surface area contributed by atoms with Gasteiger partial charge in [-0.1, -0.05) is 13.0 Å². The molecule has 1 unspecified atom stereocenters. The molecule has 0 heterocycles. The molecule has 0 aliphatic rings. The number of nitrogens with one attached hydrogen (secondary N) is 1. The van der Waals surface area contributed by atoms with Crippen molar-refractivity contribution >= 4 is 9.84 Å². The van der Waals surface area contributed by atoms with Gasteiger partial charge in [0.1, 0.15) is 9.84 Å². The van der Waals surface area contributed by atoms with Crippen LogP contribution in [-0.4, -0.2) is 39.7 Å². The van der Waals surface area contributed by atoms with E-state index < -0.39 is 9.84 Å². The van der Waals surface area contributed by atoms with Gasteiger partial charge < -0.3 is 14.8 Å². The lowest BCUT2D eigenvalue weighted by Gasteiger charge is -2.17. The highest BCUT2D eigenvalue weighted by molar-refractivity contribution is 7.91. The second kappa shape index (κ2) is 9.78. The fourth-order valence-electron chi connectivity index (χ4n) is 2.21. The Hall–Kier alpha value is -1.27. The second-order valence-corrected chi connectivity index (χ2v) is 7.81. The fourth-order valence-corrected chi connectivity index (χ4v) is 3.08. The summed E-state index contributed by atoms with van der Waals surface area (Å²) in [5.41, 5.74) is 1.09. The van der Waals surface area contributed by atoms with E-state index in [0.717, 1.165) is 17.1 Å². The lowest BCUT2D eigenvalue weighted by molar-refractivity contribution is 0.287. The van der Waals surface area contributed by atoms with Crippen molar-refractivity contribution in [1.29, 1.82) is 0 Å². The minimum absolute atomic E-state index is 0.120. The molecule has 6 heteroatoms. The number of hydrogen-bond acceptors (Lipinski definition) is 5. The third-order valence-electron chi connectivity index (χ3n) is 3.59. The van der Waals surface area contributed by atoms with Crippen molar-refractivity contribution in [2.75, 3.05) is 31.3 Å². The van der Waals surface area contributed by atoms with Crippen molar-refractivity contribution in [2.45, 2.75) is 40.2 Å². The molecule has 0 aliphatic heterocycles. The molecule has 1 aromatic rings. The Morgan fingerprint density at radius 1 is 1.09 bits per heavy atom. The molecule has 1 rings (SSSR count). The van der Waals surface area contributed by atoms with E-state index in [-0.39, 0.29) is 17.5 Å². The van der Waals surface area contributed by atoms with Crippen molar-refractivity contribution in [3.8, 4) is 11.5 Å². The summed E-state index contributed by atoms with van der Waals surface area (Å²) in [6.45, 7) is 9.47. The Morgan fingerprint density at radius 3 is 2.35 bits per heavy atom. The van der Waals surface area contributed by atoms with Gasteiger partial charge in [0.15, 0.2) is 11.5 Å². The van der Waals surface area contributed by atoms with Crippen LogP contribution >= 0.6 is 0 Å². The van der Waals surface area contributed by atoms with Gasteiger partial charge in [0.05, 0.1) is 19.0 Å². The molecule has 0 fully saturated rings. The highest BCUT2D eigenvalue weighted by Gasteiger charge is 2.11. The zero-order valence-electron chi connectivity index (χ0n) is 14.6. The van der Waals surface area contributed by atoms with Crippen LogP contribution in [0.15, 0.2) is 18.2 Å². The van der Waals surface area contributed by atoms with Gasteiger partial charge in [0.25, 0.3) is 0 Å². The minimum Gasteiger partial charge on any atom is -0.490 e. The Kier molecular flexibility index (Phi) is 8.41. The normalized spacial score (nSPS) is 12.9. The number of ether oxygens (including phenoxy) is 2. The first-order valence-electron chi connectivity index (χ1n) is 8.26. The Morgan fingerprint density at radius 2 is 1.74 bits per heavy atom. The monoisotopic (exact) mass is 343 g/mol. The largest absolute Gasteiger partial charge is 0.490 e. The molecule has 0 radical (unpaired) electrons. The van der Waals surface area contributed by atoms with Crippen LogP contribution in [0.5, 0.6) is 11.5 Å². The molecule has 0 spiro atoms. The minimum atomic E-state index is -2.88. The first kappa shape index (κ1) is 19.8. The Labute approximate surface area is 140 Å². The highest BCUT2D eigenvalue weighted by atomic mass is 32.2. The Bertz CT molecular complexity index is 572. The molecular weight excluding hydrogens is 314 g/mol. The van der Waals surface area contributed by atoms with E-state index in [2.05, 4.69) is 12.2 Å². The lowest BCUT2D eigenvalue weighted by atomic mass is 10.1. The summed E-state index contributed by atoms with van der Waals surface area (Å²) in [5.74, 6) is 1.93. The van der Waals surface area contributed by atoms with Crippen molar-refractivity contribution in [2.24, 2.45) is 0 Å². The molecule has 0 aromatic heterocycles. The molecule has 0 amide bonds. The van der Waals surface area contributed by atoms with Crippen molar-refractivity contribution < 1.29 is 17.9 Å². The van der Waals surface area contributed by atoms with Gasteiger partial charge in [-0.15, -0.1) is 0 Å². The maximum Gasteiger partial charge on any atom is 0.161 e. The maximum atomic E-state index is 11.5. The summed E-state index contributed by atoms with van der Waals surface area (Å²) in [7, 11) is -2.88. The van der Waals surface area contributed by atoms with Crippen LogP contribution in [0, 0.1) is 0 Å². The van der Waals surface area contributed by atoms with Gasteiger partial charge in [-0.25, -0.2) is 8.42 Å². The topological polar surface area (TPSA) is 64.6 Å². The summed E-state index contributed by atoms with van der Waals surface area (Å²) < 4.78 is 34.1. The maximum absolute atomic E-state index is 11.5. The molecule has 23 heavy (non-hydrogen) atoms. The fraction of sp³-hybridized carbons (Fsp3) is 0.647. The summed E-state index contributed by atoms with van der Waals surface area (Å²) in [6, 6.07) is 6.03. The SMILES string of the molecule is CCOc1ccc(C(C)NCCCS(=O)(=O)CC)cc1OCC. The third kappa shape index (κ3) is 6.79. The van der Waals surface area contributed by atoms with Gasteiger partial charge in [0, 0.05) is 11.8 Å². The third-order valence-corrected chi connectivity index (χ3v) is 5.38. The predicted molar refractivity (Wildman–Crippen MR) is 94.1 cm³/mol. The second-order valence-electron chi connectivity index (χ2n) is 5.34. The predicted octanol–water partition coefficient (Wildman–Crippen LogP) is 2.96. The van der Waals surface area contributed by atoms with Crippen molar-refractivity contribution in [3.05, 3.63) is 23.8 Å². The van der Waals surface area contributed by atoms with Crippen LogP contribution in [0.2, 0.25) is 0 Å². The van der Waals surface area contributed by atoms with Gasteiger partial charge in [-0.05, 0) is 51.4 Å². The molecule has 132 valence electrons. The molecular formula is C17H29NO4S. The van der Waals surface area contributed by atoms with Gasteiger partial charge in [0.2, 0.25) is 0 Å². The number of rotatable bonds is 11. The quantitative estimate of drug-likeness (QED) is 0.626. The van der Waals surface area contributed by atoms with E-state index in [1.54, 1.807) is 6.92 Å². The average molecular weight is 343 g/mol. The molecule has 0 saturated heterocycles. The van der Waals surface area contributed by atoms with Crippen LogP contribution in [0.3, 0.4) is 0 Å². The van der Waals surface area contributed by atoms with E-state index in [4.69, 9.17) is 9.47 Å². The van der Waals surface area contributed by atoms with Crippen LogP contribution < -0.4 is 14.8 Å². The standard InChI is InChI=1S/C17H29NO4S/c1-5-21-16-10-9-15(13-17(16)22-6-2)14(4)18-11-8-12-23(19,20)7-3/h9-10,13-14,18H,5-8,11-12H2,1-4H3. The first-order valence-corrected chi connectivity index (χ1v) is 10.1. The van der Waals surface area contributed by atoms with E-state index >= 15 is 0 Å². The summed E-state index contributed by atoms with van der Waals surface area (Å²) in [5, 5.41) is 3.36. The zero-order valence-corrected chi connectivity index (χ0v) is 15.4. The molecule has 1 N–H and O–H groups in total.